The van der Waals surface area contributed by atoms with Crippen LogP contribution in [0.3, 0.4) is 0 Å². The fraction of sp³-hybridized carbons (Fsp3) is 0. The van der Waals surface area contributed by atoms with E-state index in [9.17, 15) is 0 Å². The Kier molecular flexibility index (Phi) is 7.50. The van der Waals surface area contributed by atoms with Crippen LogP contribution in [0.5, 0.6) is 69.0 Å². The molecule has 0 saturated carbocycles. The van der Waals surface area contributed by atoms with Gasteiger partial charge < -0.3 is 28.4 Å². The van der Waals surface area contributed by atoms with Gasteiger partial charge in [0.2, 0.25) is 0 Å². The minimum atomic E-state index is -0.397. The van der Waals surface area contributed by atoms with Crippen molar-refractivity contribution in [3.8, 4) is 102 Å². The first kappa shape index (κ1) is 37.3. The Hall–Kier alpha value is -8.81. The molecule has 6 heterocycles. The van der Waals surface area contributed by atoms with Crippen molar-refractivity contribution in [2.24, 2.45) is 0 Å². The van der Waals surface area contributed by atoms with Crippen LogP contribution in [0, 0.1) is 0 Å². The molecule has 0 radical (unpaired) electrons. The smallest absolute Gasteiger partial charge is 0.270 e. The zero-order chi connectivity index (χ0) is 44.9. The van der Waals surface area contributed by atoms with Crippen LogP contribution in [0.15, 0.2) is 200 Å². The molecule has 0 aliphatic carbocycles. The van der Waals surface area contributed by atoms with Gasteiger partial charge >= 0.3 is 0 Å². The Morgan fingerprint density at radius 2 is 0.551 bits per heavy atom. The molecule has 10 aromatic carbocycles. The van der Waals surface area contributed by atoms with Gasteiger partial charge in [-0.2, -0.15) is 0 Å². The Morgan fingerprint density at radius 1 is 0.203 bits per heavy atom. The molecule has 6 nitrogen and oxygen atoms in total. The van der Waals surface area contributed by atoms with Crippen molar-refractivity contribution >= 4 is 69.3 Å². The second kappa shape index (κ2) is 13.9. The van der Waals surface area contributed by atoms with Crippen molar-refractivity contribution in [2.75, 3.05) is 0 Å². The summed E-state index contributed by atoms with van der Waals surface area (Å²) < 4.78 is 42.2. The first-order chi connectivity index (χ1) is 34.2. The van der Waals surface area contributed by atoms with Crippen LogP contribution >= 0.6 is 0 Å². The zero-order valence-corrected chi connectivity index (χ0v) is 36.7. The van der Waals surface area contributed by atoms with E-state index in [1.54, 1.807) is 0 Å². The topological polar surface area (TPSA) is 55.4 Å². The van der Waals surface area contributed by atoms with E-state index < -0.39 is 6.71 Å². The fourth-order valence-electron chi connectivity index (χ4n) is 11.9. The normalized spacial score (nSPS) is 13.8. The molecule has 318 valence electrons. The molecule has 0 atom stereocenters. The van der Waals surface area contributed by atoms with Crippen LogP contribution in [-0.4, -0.2) is 20.1 Å². The highest BCUT2D eigenvalue weighted by molar-refractivity contribution is 7.03. The van der Waals surface area contributed by atoms with Gasteiger partial charge in [-0.25, -0.2) is 0 Å². The number of fused-ring (bicyclic) bond motifs is 14. The third-order valence-electron chi connectivity index (χ3n) is 14.9. The summed E-state index contributed by atoms with van der Waals surface area (Å²) in [6.45, 7) is -0.721. The van der Waals surface area contributed by atoms with E-state index in [0.29, 0.717) is 0 Å². The molecule has 0 aromatic heterocycles. The van der Waals surface area contributed by atoms with Crippen LogP contribution in [-0.2, 0) is 0 Å². The van der Waals surface area contributed by atoms with Crippen molar-refractivity contribution in [1.82, 2.24) is 0 Å². The van der Waals surface area contributed by atoms with E-state index in [0.717, 1.165) is 152 Å². The van der Waals surface area contributed by atoms with Crippen LogP contribution in [0.1, 0.15) is 0 Å². The molecular weight excluding hydrogens is 849 g/mol. The molecule has 0 fully saturated rings. The lowest BCUT2D eigenvalue weighted by atomic mass is 9.29. The molecular formula is C60H33B3O6. The first-order valence-corrected chi connectivity index (χ1v) is 23.5. The van der Waals surface area contributed by atoms with Gasteiger partial charge in [0.15, 0.2) is 0 Å². The molecule has 0 unspecified atom stereocenters. The van der Waals surface area contributed by atoms with Crippen molar-refractivity contribution in [3.05, 3.63) is 200 Å². The molecule has 0 bridgehead atoms. The summed E-state index contributed by atoms with van der Waals surface area (Å²) in [5.74, 6) is 9.22. The van der Waals surface area contributed by atoms with Gasteiger partial charge in [0, 0.05) is 27.3 Å². The molecule has 16 rings (SSSR count). The molecule has 0 saturated heterocycles. The summed E-state index contributed by atoms with van der Waals surface area (Å²) in [7, 11) is 0. The third-order valence-corrected chi connectivity index (χ3v) is 14.9. The molecule has 0 N–H and O–H groups in total. The average molecular weight is 882 g/mol. The summed E-state index contributed by atoms with van der Waals surface area (Å²) in [4.78, 5) is 0. The standard InChI is InChI=1S/C60H33B3O6/c1-4-12-34(13-5-1)37-22-24-40-50(30-37)64-44-18-10-20-46-54(44)61(40)42-26-28-48-57(59(42)68-46)63-56-52(66-48)32-39(36-16-8-3-9-17-36)33-53(56)67-49-29-27-43-60(58(49)63)69-47-21-11-19-45-55(47)62(43)41-25-23-38(31-51(41)65-45)35-14-6-2-7-15-35/h1-33H. The van der Waals surface area contributed by atoms with Crippen LogP contribution in [0.4, 0.5) is 0 Å². The SMILES string of the molecule is c1ccc(-c2ccc3c(c2)Oc2cccc4c2B3c2ccc3c(c2O4)B2c4c(cc(-c5ccccc5)cc4Oc4ccc5c(c42)Oc2cccc4c2B5c2ccc(-c5ccccc5)cc2O4)O3)cc1. The Bertz CT molecular complexity index is 3650. The summed E-state index contributed by atoms with van der Waals surface area (Å²) in [5.41, 5.74) is 15.6. The average Bonchev–Trinajstić information content (AvgIpc) is 3.40. The highest BCUT2D eigenvalue weighted by Crippen LogP contribution is 2.45. The number of rotatable bonds is 3. The second-order valence-electron chi connectivity index (χ2n) is 18.5. The summed E-state index contributed by atoms with van der Waals surface area (Å²) in [6, 6.07) is 69.6. The molecule has 0 amide bonds. The van der Waals surface area contributed by atoms with Gasteiger partial charge in [-0.15, -0.1) is 0 Å². The Labute approximate surface area is 398 Å². The molecule has 6 aliphatic rings. The largest absolute Gasteiger partial charge is 0.459 e. The van der Waals surface area contributed by atoms with Crippen molar-refractivity contribution < 1.29 is 28.4 Å². The molecule has 6 aliphatic heterocycles. The van der Waals surface area contributed by atoms with E-state index in [4.69, 9.17) is 28.4 Å². The predicted octanol–water partition coefficient (Wildman–Crippen LogP) is 8.87. The Balaban J connectivity index is 0.924. The van der Waals surface area contributed by atoms with Crippen LogP contribution in [0.2, 0.25) is 0 Å². The van der Waals surface area contributed by atoms with E-state index in [1.807, 2.05) is 42.5 Å². The second-order valence-corrected chi connectivity index (χ2v) is 18.5. The quantitative estimate of drug-likeness (QED) is 0.166. The summed E-state index contributed by atoms with van der Waals surface area (Å²) in [5, 5.41) is 0. The maximum Gasteiger partial charge on any atom is 0.270 e. The van der Waals surface area contributed by atoms with E-state index >= 15 is 0 Å². The van der Waals surface area contributed by atoms with E-state index in [-0.39, 0.29) is 13.4 Å². The van der Waals surface area contributed by atoms with Crippen LogP contribution < -0.4 is 77.6 Å². The molecule has 0 spiro atoms. The third kappa shape index (κ3) is 5.30. The molecule has 10 aromatic rings. The number of ether oxygens (including phenoxy) is 6. The van der Waals surface area contributed by atoms with Gasteiger partial charge in [-0.1, -0.05) is 140 Å². The monoisotopic (exact) mass is 882 g/mol. The Morgan fingerprint density at radius 3 is 1.00 bits per heavy atom. The maximum absolute atomic E-state index is 7.25. The van der Waals surface area contributed by atoms with Gasteiger partial charge in [-0.05, 0) is 116 Å². The number of hydrogen-bond acceptors (Lipinski definition) is 6. The van der Waals surface area contributed by atoms with Crippen LogP contribution in [0.25, 0.3) is 33.4 Å². The number of hydrogen-bond donors (Lipinski definition) is 0. The molecule has 69 heavy (non-hydrogen) atoms. The highest BCUT2D eigenvalue weighted by Gasteiger charge is 2.51. The minimum absolute atomic E-state index is 0.162. The van der Waals surface area contributed by atoms with Gasteiger partial charge in [0.25, 0.3) is 20.1 Å². The maximum atomic E-state index is 7.25. The first-order valence-electron chi connectivity index (χ1n) is 23.5. The van der Waals surface area contributed by atoms with Crippen molar-refractivity contribution in [1.29, 1.82) is 0 Å². The highest BCUT2D eigenvalue weighted by atomic mass is 16.5. The van der Waals surface area contributed by atoms with E-state index in [2.05, 4.69) is 158 Å². The zero-order valence-electron chi connectivity index (χ0n) is 36.7. The lowest BCUT2D eigenvalue weighted by molar-refractivity contribution is 0.449. The van der Waals surface area contributed by atoms with Crippen molar-refractivity contribution in [3.63, 3.8) is 0 Å². The predicted molar refractivity (Wildman–Crippen MR) is 276 cm³/mol. The molecule has 9 heteroatoms. The van der Waals surface area contributed by atoms with Gasteiger partial charge in [-0.3, -0.25) is 0 Å². The number of benzene rings is 10. The van der Waals surface area contributed by atoms with Gasteiger partial charge in [0.1, 0.15) is 69.0 Å². The summed E-state index contributed by atoms with van der Waals surface area (Å²) in [6.07, 6.45) is 0. The van der Waals surface area contributed by atoms with E-state index in [1.165, 1.54) is 0 Å². The van der Waals surface area contributed by atoms with Gasteiger partial charge in [0.05, 0.1) is 0 Å². The summed E-state index contributed by atoms with van der Waals surface area (Å²) >= 11 is 0. The minimum Gasteiger partial charge on any atom is -0.459 e. The fourth-order valence-corrected chi connectivity index (χ4v) is 11.9. The van der Waals surface area contributed by atoms with Crippen molar-refractivity contribution in [2.45, 2.75) is 0 Å². The lowest BCUT2D eigenvalue weighted by Crippen LogP contribution is -2.64. The lowest BCUT2D eigenvalue weighted by Gasteiger charge is -2.40.